The van der Waals surface area contributed by atoms with Gasteiger partial charge in [0, 0.05) is 17.6 Å². The molecule has 0 bridgehead atoms. The van der Waals surface area contributed by atoms with E-state index in [4.69, 9.17) is 9.84 Å². The largest absolute Gasteiger partial charge is 0.466 e. The first-order valence-electron chi connectivity index (χ1n) is 7.17. The van der Waals surface area contributed by atoms with Crippen LogP contribution in [-0.4, -0.2) is 58.9 Å². The summed E-state index contributed by atoms with van der Waals surface area (Å²) < 4.78 is 5.68. The number of methoxy groups -OCH3 is 1. The number of fused-ring (bicyclic) bond motifs is 1. The highest BCUT2D eigenvalue weighted by Gasteiger charge is 2.34. The Morgan fingerprint density at radius 2 is 2.33 bits per heavy atom. The van der Waals surface area contributed by atoms with Crippen molar-refractivity contribution in [2.24, 2.45) is 0 Å². The van der Waals surface area contributed by atoms with Gasteiger partial charge in [0.25, 0.3) is 5.91 Å². The molecule has 3 rings (SSSR count). The van der Waals surface area contributed by atoms with Crippen LogP contribution in [-0.2, 0) is 14.3 Å². The van der Waals surface area contributed by atoms with Crippen LogP contribution in [0.1, 0.15) is 0 Å². The topological polar surface area (TPSA) is 108 Å². The number of aliphatic hydroxyl groups is 1. The second kappa shape index (κ2) is 6.77. The Morgan fingerprint density at radius 3 is 3.04 bits per heavy atom. The van der Waals surface area contributed by atoms with Gasteiger partial charge in [0.15, 0.2) is 0 Å². The van der Waals surface area contributed by atoms with E-state index in [-0.39, 0.29) is 36.9 Å². The number of ether oxygens (including phenoxy) is 1. The Kier molecular flexibility index (Phi) is 4.71. The van der Waals surface area contributed by atoms with Crippen molar-refractivity contribution >= 4 is 51.1 Å². The minimum atomic E-state index is -0.568. The highest BCUT2D eigenvalue weighted by Crippen LogP contribution is 2.26. The molecule has 1 aromatic heterocycles. The van der Waals surface area contributed by atoms with E-state index >= 15 is 0 Å². The maximum absolute atomic E-state index is 12.5. The van der Waals surface area contributed by atoms with Crippen molar-refractivity contribution in [2.45, 2.75) is 0 Å². The molecule has 24 heavy (non-hydrogen) atoms. The molecular weight excluding hydrogens is 427 g/mol. The lowest BCUT2D eigenvalue weighted by Gasteiger charge is -2.15. The van der Waals surface area contributed by atoms with Crippen molar-refractivity contribution in [3.63, 3.8) is 0 Å². The summed E-state index contributed by atoms with van der Waals surface area (Å²) in [6, 6.07) is 5.48. The number of β-amino-alcohol motifs (C(OH)–C–C–N with tert-alkyl or cyclic N) is 1. The lowest BCUT2D eigenvalue weighted by Crippen LogP contribution is -2.31. The number of carbonyl (C=O) groups is 2. The summed E-state index contributed by atoms with van der Waals surface area (Å²) in [5, 5.41) is 20.1. The second-order valence-corrected chi connectivity index (χ2v) is 6.27. The fraction of sp³-hybridized carbons (Fsp3) is 0.267. The van der Waals surface area contributed by atoms with E-state index in [1.165, 1.54) is 12.0 Å². The molecular formula is C15H15IN4O4. The summed E-state index contributed by atoms with van der Waals surface area (Å²) in [5.41, 5.74) is 1.80. The molecule has 1 amide bonds. The molecule has 0 saturated carbocycles. The number of aliphatic hydroxyl groups excluding tert-OH is 1. The molecule has 0 fully saturated rings. The zero-order valence-electron chi connectivity index (χ0n) is 12.8. The van der Waals surface area contributed by atoms with Gasteiger partial charge in [-0.2, -0.15) is 5.10 Å². The summed E-state index contributed by atoms with van der Waals surface area (Å²) in [6.07, 6.45) is 0. The van der Waals surface area contributed by atoms with Gasteiger partial charge < -0.3 is 20.1 Å². The van der Waals surface area contributed by atoms with Gasteiger partial charge in [0.05, 0.1) is 31.4 Å². The number of halogens is 1. The van der Waals surface area contributed by atoms with Crippen LogP contribution in [0.3, 0.4) is 0 Å². The molecule has 0 atom stereocenters. The number of amides is 1. The molecule has 2 heterocycles. The maximum Gasteiger partial charge on any atom is 0.337 e. The van der Waals surface area contributed by atoms with Gasteiger partial charge in [0.1, 0.15) is 9.40 Å². The van der Waals surface area contributed by atoms with Crippen molar-refractivity contribution in [1.82, 2.24) is 15.1 Å². The summed E-state index contributed by atoms with van der Waals surface area (Å²) in [7, 11) is 1.27. The first-order chi connectivity index (χ1) is 11.5. The Balaban J connectivity index is 1.93. The number of rotatable bonds is 5. The summed E-state index contributed by atoms with van der Waals surface area (Å²) in [6.45, 7) is 0.0865. The molecule has 3 N–H and O–H groups in total. The third-order valence-corrected chi connectivity index (χ3v) is 4.55. The van der Waals surface area contributed by atoms with E-state index in [0.717, 1.165) is 14.6 Å². The van der Waals surface area contributed by atoms with Gasteiger partial charge in [-0.15, -0.1) is 0 Å². The van der Waals surface area contributed by atoms with E-state index in [2.05, 4.69) is 38.1 Å². The summed E-state index contributed by atoms with van der Waals surface area (Å²) in [4.78, 5) is 25.8. The standard InChI is InChI=1S/C15H15IN4O4/c1-24-15(23)10-7-20(4-5-21)14(22)12(10)17-8-2-3-9-11(6-8)18-19-13(9)16/h2-3,6,17,21H,4-5,7H2,1H3,(H,18,19). The van der Waals surface area contributed by atoms with E-state index in [9.17, 15) is 9.59 Å². The molecule has 2 aromatic rings. The van der Waals surface area contributed by atoms with Gasteiger partial charge >= 0.3 is 5.97 Å². The van der Waals surface area contributed by atoms with Crippen LogP contribution in [0.5, 0.6) is 0 Å². The van der Waals surface area contributed by atoms with Crippen molar-refractivity contribution < 1.29 is 19.4 Å². The van der Waals surface area contributed by atoms with Crippen LogP contribution in [0.4, 0.5) is 5.69 Å². The molecule has 1 aromatic carbocycles. The quantitative estimate of drug-likeness (QED) is 0.468. The second-order valence-electron chi connectivity index (χ2n) is 5.19. The van der Waals surface area contributed by atoms with Crippen molar-refractivity contribution in [3.05, 3.63) is 33.2 Å². The SMILES string of the molecule is COC(=O)C1=C(Nc2ccc3c(I)[nH]nc3c2)C(=O)N(CCO)C1. The van der Waals surface area contributed by atoms with Gasteiger partial charge in [0.2, 0.25) is 0 Å². The zero-order valence-corrected chi connectivity index (χ0v) is 15.0. The molecule has 126 valence electrons. The maximum atomic E-state index is 12.5. The molecule has 0 radical (unpaired) electrons. The number of nitrogens with zero attached hydrogens (tertiary/aromatic N) is 2. The van der Waals surface area contributed by atoms with E-state index in [1.807, 2.05) is 12.1 Å². The summed E-state index contributed by atoms with van der Waals surface area (Å²) in [5.74, 6) is -0.914. The molecule has 8 nitrogen and oxygen atoms in total. The van der Waals surface area contributed by atoms with Gasteiger partial charge in [-0.05, 0) is 40.8 Å². The Bertz CT molecular complexity index is 845. The van der Waals surface area contributed by atoms with Crippen LogP contribution in [0.15, 0.2) is 29.5 Å². The first kappa shape index (κ1) is 16.7. The summed E-state index contributed by atoms with van der Waals surface area (Å²) >= 11 is 2.15. The number of aromatic amines is 1. The fourth-order valence-corrected chi connectivity index (χ4v) is 3.13. The Morgan fingerprint density at radius 1 is 1.54 bits per heavy atom. The third kappa shape index (κ3) is 2.96. The van der Waals surface area contributed by atoms with Crippen LogP contribution < -0.4 is 5.32 Å². The molecule has 0 saturated heterocycles. The lowest BCUT2D eigenvalue weighted by atomic mass is 10.2. The zero-order chi connectivity index (χ0) is 17.3. The van der Waals surface area contributed by atoms with Crippen molar-refractivity contribution in [2.75, 3.05) is 32.1 Å². The Labute approximate surface area is 151 Å². The van der Waals surface area contributed by atoms with Crippen LogP contribution in [0.2, 0.25) is 0 Å². The van der Waals surface area contributed by atoms with E-state index in [0.29, 0.717) is 5.69 Å². The molecule has 9 heteroatoms. The monoisotopic (exact) mass is 442 g/mol. The van der Waals surface area contributed by atoms with Gasteiger partial charge in [-0.1, -0.05) is 0 Å². The van der Waals surface area contributed by atoms with Crippen LogP contribution in [0.25, 0.3) is 10.9 Å². The minimum absolute atomic E-state index is 0.108. The predicted octanol–water partition coefficient (Wildman–Crippen LogP) is 0.841. The molecule has 1 aliphatic rings. The normalized spacial score (nSPS) is 14.6. The van der Waals surface area contributed by atoms with Gasteiger partial charge in [-0.3, -0.25) is 9.89 Å². The number of benzene rings is 1. The smallest absolute Gasteiger partial charge is 0.337 e. The van der Waals surface area contributed by atoms with E-state index < -0.39 is 5.97 Å². The van der Waals surface area contributed by atoms with Crippen LogP contribution in [0, 0.1) is 3.70 Å². The molecule has 1 aliphatic heterocycles. The van der Waals surface area contributed by atoms with Gasteiger partial charge in [-0.25, -0.2) is 4.79 Å². The predicted molar refractivity (Wildman–Crippen MR) is 95.1 cm³/mol. The number of hydrogen-bond donors (Lipinski definition) is 3. The molecule has 0 spiro atoms. The minimum Gasteiger partial charge on any atom is -0.466 e. The van der Waals surface area contributed by atoms with E-state index in [1.54, 1.807) is 6.07 Å². The fourth-order valence-electron chi connectivity index (χ4n) is 2.55. The molecule has 0 aliphatic carbocycles. The third-order valence-electron chi connectivity index (χ3n) is 3.73. The average Bonchev–Trinajstić information content (AvgIpc) is 3.09. The lowest BCUT2D eigenvalue weighted by molar-refractivity contribution is -0.136. The molecule has 0 unspecified atom stereocenters. The first-order valence-corrected chi connectivity index (χ1v) is 8.25. The van der Waals surface area contributed by atoms with Crippen molar-refractivity contribution in [3.8, 4) is 0 Å². The number of hydrogen-bond acceptors (Lipinski definition) is 6. The van der Waals surface area contributed by atoms with Crippen LogP contribution >= 0.6 is 22.6 Å². The number of nitrogens with one attached hydrogen (secondary N) is 2. The highest BCUT2D eigenvalue weighted by molar-refractivity contribution is 14.1. The van der Waals surface area contributed by atoms with Crippen molar-refractivity contribution in [1.29, 1.82) is 0 Å². The average molecular weight is 442 g/mol. The number of carbonyl (C=O) groups excluding carboxylic acids is 2. The number of anilines is 1. The Hall–Kier alpha value is -2.14. The number of esters is 1. The number of aromatic nitrogens is 2. The highest BCUT2D eigenvalue weighted by atomic mass is 127. The number of H-pyrrole nitrogens is 1.